The van der Waals surface area contributed by atoms with Gasteiger partial charge in [-0.05, 0) is 35.8 Å². The van der Waals surface area contributed by atoms with Crippen molar-refractivity contribution >= 4 is 34.0 Å². The highest BCUT2D eigenvalue weighted by Gasteiger charge is 2.31. The van der Waals surface area contributed by atoms with Crippen molar-refractivity contribution in [1.82, 2.24) is 0 Å². The third kappa shape index (κ3) is 1.70. The smallest absolute Gasteiger partial charge is 0.0619 e. The number of hydrogen-bond acceptors (Lipinski definition) is 0. The Hall–Kier alpha value is -0.720. The Kier molecular flexibility index (Phi) is 2.57. The molecule has 2 aromatic carbocycles. The molecule has 1 fully saturated rings. The molecule has 2 heteroatoms. The first-order valence-corrected chi connectivity index (χ1v) is 6.40. The predicted molar refractivity (Wildman–Crippen MR) is 70.3 cm³/mol. The Morgan fingerprint density at radius 1 is 1.00 bits per heavy atom. The molecule has 1 atom stereocenters. The molecule has 0 bridgehead atoms. The maximum Gasteiger partial charge on any atom is 0.0619 e. The molecular formula is C14H12Cl2. The molecule has 0 saturated heterocycles. The van der Waals surface area contributed by atoms with Gasteiger partial charge in [0.2, 0.25) is 0 Å². The summed E-state index contributed by atoms with van der Waals surface area (Å²) in [6, 6.07) is 12.2. The molecule has 3 rings (SSSR count). The van der Waals surface area contributed by atoms with Crippen LogP contribution in [-0.2, 0) is 0 Å². The number of alkyl halides is 1. The Morgan fingerprint density at radius 2 is 1.69 bits per heavy atom. The summed E-state index contributed by atoms with van der Waals surface area (Å²) in [5, 5.41) is 3.25. The van der Waals surface area contributed by atoms with Gasteiger partial charge in [0.1, 0.15) is 0 Å². The molecule has 0 spiro atoms. The second-order valence-corrected chi connectivity index (χ2v) is 5.30. The van der Waals surface area contributed by atoms with Gasteiger partial charge in [-0.1, -0.05) is 41.9 Å². The summed E-state index contributed by atoms with van der Waals surface area (Å²) in [6.07, 6.45) is 2.51. The van der Waals surface area contributed by atoms with Crippen LogP contribution in [0.2, 0.25) is 5.02 Å². The highest BCUT2D eigenvalue weighted by atomic mass is 35.5. The zero-order valence-corrected chi connectivity index (χ0v) is 10.3. The van der Waals surface area contributed by atoms with E-state index in [0.29, 0.717) is 5.92 Å². The van der Waals surface area contributed by atoms with Gasteiger partial charge < -0.3 is 0 Å². The monoisotopic (exact) mass is 250 g/mol. The standard InChI is InChI=1S/C14H12Cl2/c15-13-8-7-12(14(16)9-5-6-9)10-3-1-2-4-11(10)13/h1-4,7-9,14H,5-6H2. The van der Waals surface area contributed by atoms with Crippen molar-refractivity contribution in [1.29, 1.82) is 0 Å². The summed E-state index contributed by atoms with van der Waals surface area (Å²) in [5.41, 5.74) is 1.23. The SMILES string of the molecule is Clc1ccc(C(Cl)C2CC2)c2ccccc12. The summed E-state index contributed by atoms with van der Waals surface area (Å²) in [4.78, 5) is 0. The van der Waals surface area contributed by atoms with Gasteiger partial charge in [-0.2, -0.15) is 0 Å². The Labute approximate surface area is 105 Å². The average molecular weight is 251 g/mol. The molecule has 0 aliphatic heterocycles. The fourth-order valence-electron chi connectivity index (χ4n) is 2.17. The molecule has 1 aliphatic carbocycles. The van der Waals surface area contributed by atoms with Gasteiger partial charge >= 0.3 is 0 Å². The Balaban J connectivity index is 2.20. The first-order valence-electron chi connectivity index (χ1n) is 5.58. The third-order valence-corrected chi connectivity index (χ3v) is 4.16. The maximum absolute atomic E-state index is 6.49. The van der Waals surface area contributed by atoms with E-state index in [1.807, 2.05) is 18.2 Å². The molecule has 0 amide bonds. The van der Waals surface area contributed by atoms with Crippen LogP contribution >= 0.6 is 23.2 Å². The van der Waals surface area contributed by atoms with Crippen LogP contribution in [-0.4, -0.2) is 0 Å². The normalized spacial score (nSPS) is 17.6. The van der Waals surface area contributed by atoms with Crippen LogP contribution in [0.25, 0.3) is 10.8 Å². The van der Waals surface area contributed by atoms with Crippen molar-refractivity contribution in [3.8, 4) is 0 Å². The molecule has 0 radical (unpaired) electrons. The van der Waals surface area contributed by atoms with E-state index in [2.05, 4.69) is 18.2 Å². The number of halogens is 2. The lowest BCUT2D eigenvalue weighted by Gasteiger charge is -2.12. The van der Waals surface area contributed by atoms with Gasteiger partial charge in [-0.25, -0.2) is 0 Å². The van der Waals surface area contributed by atoms with Gasteiger partial charge in [0, 0.05) is 10.4 Å². The number of benzene rings is 2. The molecule has 1 aliphatic rings. The fourth-order valence-corrected chi connectivity index (χ4v) is 2.84. The minimum atomic E-state index is 0.141. The van der Waals surface area contributed by atoms with Crippen molar-refractivity contribution in [2.45, 2.75) is 18.2 Å². The second kappa shape index (κ2) is 3.94. The molecule has 0 N–H and O–H groups in total. The summed E-state index contributed by atoms with van der Waals surface area (Å²) in [6.45, 7) is 0. The Bertz CT molecular complexity index is 529. The lowest BCUT2D eigenvalue weighted by atomic mass is 10.00. The van der Waals surface area contributed by atoms with Crippen LogP contribution in [0.1, 0.15) is 23.8 Å². The first kappa shape index (κ1) is 10.4. The molecule has 1 saturated carbocycles. The van der Waals surface area contributed by atoms with E-state index in [9.17, 15) is 0 Å². The van der Waals surface area contributed by atoms with Crippen molar-refractivity contribution in [2.24, 2.45) is 5.92 Å². The third-order valence-electron chi connectivity index (χ3n) is 3.24. The lowest BCUT2D eigenvalue weighted by Crippen LogP contribution is -1.94. The highest BCUT2D eigenvalue weighted by molar-refractivity contribution is 6.35. The van der Waals surface area contributed by atoms with Crippen LogP contribution in [0.15, 0.2) is 36.4 Å². The maximum atomic E-state index is 6.49. The quantitative estimate of drug-likeness (QED) is 0.645. The molecule has 0 heterocycles. The summed E-state index contributed by atoms with van der Waals surface area (Å²) >= 11 is 12.7. The molecule has 82 valence electrons. The average Bonchev–Trinajstić information content (AvgIpc) is 3.13. The van der Waals surface area contributed by atoms with Crippen molar-refractivity contribution in [3.05, 3.63) is 47.0 Å². The van der Waals surface area contributed by atoms with E-state index in [1.54, 1.807) is 0 Å². The zero-order valence-electron chi connectivity index (χ0n) is 8.79. The molecule has 0 nitrogen and oxygen atoms in total. The fraction of sp³-hybridized carbons (Fsp3) is 0.286. The van der Waals surface area contributed by atoms with Gasteiger partial charge in [0.25, 0.3) is 0 Å². The van der Waals surface area contributed by atoms with Gasteiger partial charge in [-0.15, -0.1) is 11.6 Å². The second-order valence-electron chi connectivity index (χ2n) is 4.42. The van der Waals surface area contributed by atoms with E-state index in [4.69, 9.17) is 23.2 Å². The van der Waals surface area contributed by atoms with Gasteiger partial charge in [-0.3, -0.25) is 0 Å². The lowest BCUT2D eigenvalue weighted by molar-refractivity contribution is 0.803. The highest BCUT2D eigenvalue weighted by Crippen LogP contribution is 2.47. The molecule has 0 aromatic heterocycles. The van der Waals surface area contributed by atoms with E-state index >= 15 is 0 Å². The summed E-state index contributed by atoms with van der Waals surface area (Å²) < 4.78 is 0. The van der Waals surface area contributed by atoms with E-state index in [-0.39, 0.29) is 5.38 Å². The van der Waals surface area contributed by atoms with Gasteiger partial charge in [0.15, 0.2) is 0 Å². The van der Waals surface area contributed by atoms with Gasteiger partial charge in [0.05, 0.1) is 5.38 Å². The topological polar surface area (TPSA) is 0 Å². The number of fused-ring (bicyclic) bond motifs is 1. The van der Waals surface area contributed by atoms with Crippen LogP contribution in [0.5, 0.6) is 0 Å². The largest absolute Gasteiger partial charge is 0.117 e. The van der Waals surface area contributed by atoms with E-state index < -0.39 is 0 Å². The van der Waals surface area contributed by atoms with Crippen LogP contribution in [0, 0.1) is 5.92 Å². The molecular weight excluding hydrogens is 239 g/mol. The number of rotatable bonds is 2. The molecule has 2 aromatic rings. The van der Waals surface area contributed by atoms with E-state index in [0.717, 1.165) is 10.4 Å². The van der Waals surface area contributed by atoms with Crippen LogP contribution < -0.4 is 0 Å². The summed E-state index contributed by atoms with van der Waals surface area (Å²) in [5.74, 6) is 0.659. The zero-order chi connectivity index (χ0) is 11.1. The summed E-state index contributed by atoms with van der Waals surface area (Å²) in [7, 11) is 0. The van der Waals surface area contributed by atoms with Crippen molar-refractivity contribution in [3.63, 3.8) is 0 Å². The van der Waals surface area contributed by atoms with E-state index in [1.165, 1.54) is 23.8 Å². The van der Waals surface area contributed by atoms with Crippen molar-refractivity contribution < 1.29 is 0 Å². The Morgan fingerprint density at radius 3 is 2.38 bits per heavy atom. The molecule has 1 unspecified atom stereocenters. The van der Waals surface area contributed by atoms with Crippen LogP contribution in [0.4, 0.5) is 0 Å². The number of hydrogen-bond donors (Lipinski definition) is 0. The first-order chi connectivity index (χ1) is 7.77. The van der Waals surface area contributed by atoms with Crippen molar-refractivity contribution in [2.75, 3.05) is 0 Å². The van der Waals surface area contributed by atoms with Crippen LogP contribution in [0.3, 0.4) is 0 Å². The minimum absolute atomic E-state index is 0.141. The molecule has 16 heavy (non-hydrogen) atoms. The minimum Gasteiger partial charge on any atom is -0.117 e. The predicted octanol–water partition coefficient (Wildman–Crippen LogP) is 5.18.